The lowest BCUT2D eigenvalue weighted by Gasteiger charge is -2.10. The molecule has 108 valence electrons. The van der Waals surface area contributed by atoms with E-state index in [1.807, 2.05) is 10.9 Å². The Morgan fingerprint density at radius 3 is 2.50 bits per heavy atom. The Morgan fingerprint density at radius 1 is 1.20 bits per heavy atom. The monoisotopic (exact) mass is 335 g/mol. The van der Waals surface area contributed by atoms with Gasteiger partial charge in [-0.05, 0) is 45.6 Å². The van der Waals surface area contributed by atoms with Gasteiger partial charge in [-0.15, -0.1) is 0 Å². The highest BCUT2D eigenvalue weighted by Gasteiger charge is 2.08. The second-order valence-corrected chi connectivity index (χ2v) is 6.52. The molecule has 0 spiro atoms. The van der Waals surface area contributed by atoms with Crippen molar-refractivity contribution in [2.75, 3.05) is 0 Å². The van der Waals surface area contributed by atoms with Crippen LogP contribution in [0.3, 0.4) is 0 Å². The van der Waals surface area contributed by atoms with Gasteiger partial charge in [-0.3, -0.25) is 0 Å². The molecular weight excluding hydrogens is 314 g/mol. The van der Waals surface area contributed by atoms with Gasteiger partial charge in [0.1, 0.15) is 0 Å². The highest BCUT2D eigenvalue weighted by Crippen LogP contribution is 2.23. The van der Waals surface area contributed by atoms with Crippen LogP contribution in [0.2, 0.25) is 0 Å². The van der Waals surface area contributed by atoms with E-state index in [1.165, 1.54) is 5.56 Å². The number of hydrogen-bond acceptors (Lipinski definition) is 2. The maximum Gasteiger partial charge on any atom is 0.0787 e. The molecule has 0 aliphatic heterocycles. The molecule has 0 saturated carbocycles. The van der Waals surface area contributed by atoms with Gasteiger partial charge in [-0.1, -0.05) is 33.8 Å². The van der Waals surface area contributed by atoms with Crippen molar-refractivity contribution < 1.29 is 0 Å². The molecule has 0 aliphatic carbocycles. The SMILES string of the molecule is CC(C)NCc1ccc(-n2ccc(C(C)C)n2)c(Br)c1. The molecule has 20 heavy (non-hydrogen) atoms. The fraction of sp³-hybridized carbons (Fsp3) is 0.438. The third kappa shape index (κ3) is 3.70. The van der Waals surface area contributed by atoms with Gasteiger partial charge in [0.15, 0.2) is 0 Å². The number of halogens is 1. The van der Waals surface area contributed by atoms with Crippen LogP contribution in [-0.2, 0) is 6.54 Å². The first-order valence-electron chi connectivity index (χ1n) is 7.05. The van der Waals surface area contributed by atoms with Gasteiger partial charge in [0, 0.05) is 23.3 Å². The first kappa shape index (κ1) is 15.3. The first-order valence-corrected chi connectivity index (χ1v) is 7.84. The van der Waals surface area contributed by atoms with E-state index in [-0.39, 0.29) is 0 Å². The Bertz CT molecular complexity index is 573. The van der Waals surface area contributed by atoms with E-state index in [4.69, 9.17) is 0 Å². The summed E-state index contributed by atoms with van der Waals surface area (Å²) in [5, 5.41) is 8.04. The summed E-state index contributed by atoms with van der Waals surface area (Å²) in [7, 11) is 0. The zero-order valence-corrected chi connectivity index (χ0v) is 14.1. The van der Waals surface area contributed by atoms with Gasteiger partial charge < -0.3 is 5.32 Å². The normalized spacial score (nSPS) is 11.6. The van der Waals surface area contributed by atoms with Gasteiger partial charge in [-0.2, -0.15) is 5.10 Å². The molecule has 0 fully saturated rings. The minimum absolute atomic E-state index is 0.449. The summed E-state index contributed by atoms with van der Waals surface area (Å²) in [6.07, 6.45) is 2.02. The van der Waals surface area contributed by atoms with Gasteiger partial charge in [0.05, 0.1) is 11.4 Å². The fourth-order valence-corrected chi connectivity index (χ4v) is 2.56. The third-order valence-corrected chi connectivity index (χ3v) is 3.81. The molecule has 3 nitrogen and oxygen atoms in total. The summed E-state index contributed by atoms with van der Waals surface area (Å²) in [6, 6.07) is 8.98. The molecule has 0 atom stereocenters. The maximum atomic E-state index is 4.62. The van der Waals surface area contributed by atoms with Crippen molar-refractivity contribution in [3.8, 4) is 5.69 Å². The van der Waals surface area contributed by atoms with Crippen molar-refractivity contribution in [3.63, 3.8) is 0 Å². The number of nitrogens with zero attached hydrogens (tertiary/aromatic N) is 2. The third-order valence-electron chi connectivity index (χ3n) is 3.17. The Kier molecular flexibility index (Phi) is 5.00. The predicted octanol–water partition coefficient (Wildman–Crippen LogP) is 4.26. The van der Waals surface area contributed by atoms with Crippen LogP contribution >= 0.6 is 15.9 Å². The van der Waals surface area contributed by atoms with Gasteiger partial charge in [0.2, 0.25) is 0 Å². The van der Waals surface area contributed by atoms with E-state index < -0.39 is 0 Å². The van der Waals surface area contributed by atoms with Crippen molar-refractivity contribution in [1.82, 2.24) is 15.1 Å². The Hall–Kier alpha value is -1.13. The smallest absolute Gasteiger partial charge is 0.0787 e. The van der Waals surface area contributed by atoms with Crippen LogP contribution in [0, 0.1) is 0 Å². The molecule has 1 aromatic carbocycles. The van der Waals surface area contributed by atoms with Gasteiger partial charge in [0.25, 0.3) is 0 Å². The Labute approximate surface area is 129 Å². The number of benzene rings is 1. The summed E-state index contributed by atoms with van der Waals surface area (Å²) in [4.78, 5) is 0. The molecule has 2 aromatic rings. The second kappa shape index (κ2) is 6.55. The average Bonchev–Trinajstić information content (AvgIpc) is 2.86. The molecule has 2 rings (SSSR count). The van der Waals surface area contributed by atoms with E-state index in [2.05, 4.69) is 78.3 Å². The number of rotatable bonds is 5. The van der Waals surface area contributed by atoms with E-state index in [0.717, 1.165) is 22.4 Å². The van der Waals surface area contributed by atoms with Crippen LogP contribution in [0.15, 0.2) is 34.9 Å². The minimum Gasteiger partial charge on any atom is -0.310 e. The van der Waals surface area contributed by atoms with E-state index in [9.17, 15) is 0 Å². The Morgan fingerprint density at radius 2 is 1.95 bits per heavy atom. The van der Waals surface area contributed by atoms with E-state index in [0.29, 0.717) is 12.0 Å². The molecular formula is C16H22BrN3. The van der Waals surface area contributed by atoms with Crippen LogP contribution in [0.25, 0.3) is 5.69 Å². The lowest BCUT2D eigenvalue weighted by molar-refractivity contribution is 0.588. The topological polar surface area (TPSA) is 29.9 Å². The van der Waals surface area contributed by atoms with E-state index >= 15 is 0 Å². The molecule has 0 bridgehead atoms. The molecule has 4 heteroatoms. The summed E-state index contributed by atoms with van der Waals surface area (Å²) < 4.78 is 3.00. The standard InChI is InChI=1S/C16H22BrN3/c1-11(2)15-7-8-20(19-15)16-6-5-13(9-14(16)17)10-18-12(3)4/h5-9,11-12,18H,10H2,1-4H3. The quantitative estimate of drug-likeness (QED) is 0.884. The van der Waals surface area contributed by atoms with Crippen molar-refractivity contribution in [2.45, 2.75) is 46.2 Å². The molecule has 1 heterocycles. The molecule has 0 amide bonds. The summed E-state index contributed by atoms with van der Waals surface area (Å²) >= 11 is 3.65. The van der Waals surface area contributed by atoms with Gasteiger partial charge >= 0.3 is 0 Å². The minimum atomic E-state index is 0.449. The number of nitrogens with one attached hydrogen (secondary N) is 1. The molecule has 0 unspecified atom stereocenters. The molecule has 0 aliphatic rings. The molecule has 0 saturated heterocycles. The number of hydrogen-bond donors (Lipinski definition) is 1. The van der Waals surface area contributed by atoms with Crippen molar-refractivity contribution in [1.29, 1.82) is 0 Å². The second-order valence-electron chi connectivity index (χ2n) is 5.66. The van der Waals surface area contributed by atoms with Crippen molar-refractivity contribution >= 4 is 15.9 Å². The van der Waals surface area contributed by atoms with Crippen molar-refractivity contribution in [3.05, 3.63) is 46.2 Å². The molecule has 1 aromatic heterocycles. The zero-order chi connectivity index (χ0) is 14.7. The lowest BCUT2D eigenvalue weighted by atomic mass is 10.1. The summed E-state index contributed by atoms with van der Waals surface area (Å²) in [5.74, 6) is 0.449. The average molecular weight is 336 g/mol. The van der Waals surface area contributed by atoms with Gasteiger partial charge in [-0.25, -0.2) is 4.68 Å². The molecule has 1 N–H and O–H groups in total. The highest BCUT2D eigenvalue weighted by atomic mass is 79.9. The van der Waals surface area contributed by atoms with E-state index in [1.54, 1.807) is 0 Å². The van der Waals surface area contributed by atoms with Crippen molar-refractivity contribution in [2.24, 2.45) is 0 Å². The maximum absolute atomic E-state index is 4.62. The largest absolute Gasteiger partial charge is 0.310 e. The zero-order valence-electron chi connectivity index (χ0n) is 12.5. The number of aromatic nitrogens is 2. The van der Waals surface area contributed by atoms with Crippen LogP contribution in [0.1, 0.15) is 44.9 Å². The predicted molar refractivity (Wildman–Crippen MR) is 87.3 cm³/mol. The fourth-order valence-electron chi connectivity index (χ4n) is 1.95. The molecule has 0 radical (unpaired) electrons. The lowest BCUT2D eigenvalue weighted by Crippen LogP contribution is -2.21. The summed E-state index contributed by atoms with van der Waals surface area (Å²) in [6.45, 7) is 9.50. The first-order chi connectivity index (χ1) is 9.47. The van der Waals surface area contributed by atoms with Crippen LogP contribution in [0.5, 0.6) is 0 Å². The summed E-state index contributed by atoms with van der Waals surface area (Å²) in [5.41, 5.74) is 3.46. The van der Waals surface area contributed by atoms with Crippen LogP contribution in [-0.4, -0.2) is 15.8 Å². The van der Waals surface area contributed by atoms with Crippen LogP contribution < -0.4 is 5.32 Å². The Balaban J connectivity index is 2.20. The highest BCUT2D eigenvalue weighted by molar-refractivity contribution is 9.10. The van der Waals surface area contributed by atoms with Crippen LogP contribution in [0.4, 0.5) is 0 Å².